The van der Waals surface area contributed by atoms with Crippen molar-refractivity contribution in [1.82, 2.24) is 0 Å². The fourth-order valence-electron chi connectivity index (χ4n) is 0.773. The van der Waals surface area contributed by atoms with Gasteiger partial charge in [-0.05, 0) is 0 Å². The highest BCUT2D eigenvalue weighted by Gasteiger charge is 2.65. The Morgan fingerprint density at radius 1 is 0.300 bits per heavy atom. The molecular weight excluding hydrogens is 500 g/mol. The van der Waals surface area contributed by atoms with Crippen LogP contribution in [0.3, 0.4) is 0 Å². The van der Waals surface area contributed by atoms with Crippen molar-refractivity contribution in [2.75, 3.05) is 0 Å². The molecule has 0 nitrogen and oxygen atoms in total. The smallest absolute Gasteiger partial charge is 0.201 e. The van der Waals surface area contributed by atoms with E-state index >= 15 is 0 Å². The Hall–Kier alpha value is -1.92. The van der Waals surface area contributed by atoms with Crippen molar-refractivity contribution in [3.8, 4) is 0 Å². The van der Waals surface area contributed by atoms with E-state index in [-0.39, 0.29) is 0 Å². The molecule has 0 aromatic rings. The Kier molecular flexibility index (Phi) is 8.75. The van der Waals surface area contributed by atoms with Crippen molar-refractivity contribution < 1.29 is 87.8 Å². The van der Waals surface area contributed by atoms with Crippen LogP contribution in [0.4, 0.5) is 87.8 Å². The molecule has 0 fully saturated rings. The predicted molar refractivity (Wildman–Crippen MR) is 52.6 cm³/mol. The fourth-order valence-corrected chi connectivity index (χ4v) is 0.773. The van der Waals surface area contributed by atoms with Crippen LogP contribution in [0.2, 0.25) is 0 Å². The lowest BCUT2D eigenvalue weighted by molar-refractivity contribution is -0.273. The first-order valence-electron chi connectivity index (χ1n) is 5.78. The lowest BCUT2D eigenvalue weighted by Gasteiger charge is -2.18. The van der Waals surface area contributed by atoms with Gasteiger partial charge in [0.1, 0.15) is 0 Å². The summed E-state index contributed by atoms with van der Waals surface area (Å²) in [5.41, 5.74) is 0. The summed E-state index contributed by atoms with van der Waals surface area (Å²) in [7, 11) is 0. The van der Waals surface area contributed by atoms with Gasteiger partial charge in [-0.3, -0.25) is 0 Å². The highest BCUT2D eigenvalue weighted by molar-refractivity contribution is 5.16. The molecule has 0 rings (SSSR count). The van der Waals surface area contributed by atoms with E-state index in [1.165, 1.54) is 0 Å². The molecule has 0 unspecified atom stereocenters. The minimum Gasteiger partial charge on any atom is -0.201 e. The minimum atomic E-state index is -6.64. The van der Waals surface area contributed by atoms with Gasteiger partial charge in [0.25, 0.3) is 0 Å². The van der Waals surface area contributed by atoms with Crippen molar-refractivity contribution in [2.24, 2.45) is 0 Å². The average molecular weight is 500 g/mol. The number of hydrogen-bond acceptors (Lipinski definition) is 0. The van der Waals surface area contributed by atoms with Crippen LogP contribution in [0, 0.1) is 0 Å². The predicted octanol–water partition coefficient (Wildman–Crippen LogP) is 7.79. The second kappa shape index (κ2) is 8.67. The molecule has 0 aliphatic carbocycles. The minimum absolute atomic E-state index is 4.11. The lowest BCUT2D eigenvalue weighted by atomic mass is 10.2. The van der Waals surface area contributed by atoms with Crippen LogP contribution in [0.5, 0.6) is 0 Å². The maximum Gasteiger partial charge on any atom is 0.460 e. The van der Waals surface area contributed by atoms with E-state index in [1.807, 2.05) is 0 Å². The van der Waals surface area contributed by atoms with E-state index in [4.69, 9.17) is 0 Å². The monoisotopic (exact) mass is 500 g/mol. The molecule has 180 valence electrons. The molecule has 0 bridgehead atoms. The molecule has 0 aromatic carbocycles. The molecule has 0 atom stereocenters. The Morgan fingerprint density at radius 2 is 0.467 bits per heavy atom. The van der Waals surface area contributed by atoms with Gasteiger partial charge >= 0.3 is 36.6 Å². The zero-order valence-electron chi connectivity index (χ0n) is 12.6. The van der Waals surface area contributed by atoms with E-state index in [9.17, 15) is 87.8 Å². The summed E-state index contributed by atoms with van der Waals surface area (Å²) in [4.78, 5) is 0. The Morgan fingerprint density at radius 3 is 0.567 bits per heavy atom. The standard InChI is InChI=1S/2C5F10/c2*6-1(2(7)4(10,11)12)3(8,9)5(13,14)15/b2*2-1-. The van der Waals surface area contributed by atoms with Gasteiger partial charge in [0.15, 0.2) is 0 Å². The number of alkyl halides is 16. The second-order valence-corrected chi connectivity index (χ2v) is 4.40. The SMILES string of the molecule is F/C(=C(\F)C(F)(F)C(F)(F)F)C(F)(F)F.F/C(=C(\F)C(F)(F)C(F)(F)F)C(F)(F)F. The summed E-state index contributed by atoms with van der Waals surface area (Å²) in [6.45, 7) is 0. The zero-order valence-corrected chi connectivity index (χ0v) is 12.6. The molecule has 0 spiro atoms. The highest BCUT2D eigenvalue weighted by Crippen LogP contribution is 2.46. The summed E-state index contributed by atoms with van der Waals surface area (Å²) in [6.07, 6.45) is -25.8. The highest BCUT2D eigenvalue weighted by atomic mass is 19.4. The van der Waals surface area contributed by atoms with Crippen LogP contribution in [0.25, 0.3) is 0 Å². The van der Waals surface area contributed by atoms with Crippen molar-refractivity contribution in [2.45, 2.75) is 36.6 Å². The Bertz CT molecular complexity index is 587. The first-order valence-corrected chi connectivity index (χ1v) is 5.78. The first-order chi connectivity index (χ1) is 12.6. The van der Waals surface area contributed by atoms with Gasteiger partial charge in [-0.25, -0.2) is 8.78 Å². The maximum atomic E-state index is 11.9. The van der Waals surface area contributed by atoms with E-state index < -0.39 is 59.9 Å². The van der Waals surface area contributed by atoms with Crippen LogP contribution in [-0.4, -0.2) is 36.6 Å². The lowest BCUT2D eigenvalue weighted by Crippen LogP contribution is -2.38. The molecule has 0 saturated carbocycles. The van der Waals surface area contributed by atoms with Gasteiger partial charge < -0.3 is 0 Å². The molecule has 0 N–H and O–H groups in total. The van der Waals surface area contributed by atoms with Crippen LogP contribution >= 0.6 is 0 Å². The molecule has 30 heavy (non-hydrogen) atoms. The van der Waals surface area contributed by atoms with Crippen molar-refractivity contribution in [3.63, 3.8) is 0 Å². The molecule has 0 saturated heterocycles. The van der Waals surface area contributed by atoms with Crippen molar-refractivity contribution >= 4 is 0 Å². The van der Waals surface area contributed by atoms with E-state index in [0.29, 0.717) is 0 Å². The summed E-state index contributed by atoms with van der Waals surface area (Å²) in [5, 5.41) is 0. The molecular formula is C10F20. The van der Waals surface area contributed by atoms with Gasteiger partial charge in [0, 0.05) is 0 Å². The maximum absolute atomic E-state index is 11.9. The second-order valence-electron chi connectivity index (χ2n) is 4.40. The van der Waals surface area contributed by atoms with Crippen molar-refractivity contribution in [3.05, 3.63) is 23.3 Å². The number of rotatable bonds is 2. The number of halogens is 20. The van der Waals surface area contributed by atoms with Crippen molar-refractivity contribution in [1.29, 1.82) is 0 Å². The van der Waals surface area contributed by atoms with Crippen LogP contribution in [0.1, 0.15) is 0 Å². The first kappa shape index (κ1) is 30.3. The average Bonchev–Trinajstić information content (AvgIpc) is 2.48. The van der Waals surface area contributed by atoms with Gasteiger partial charge in [0.2, 0.25) is 23.3 Å². The molecule has 0 aromatic heterocycles. The fraction of sp³-hybridized carbons (Fsp3) is 0.600. The summed E-state index contributed by atoms with van der Waals surface area (Å²) >= 11 is 0. The normalized spacial score (nSPS) is 16.4. The quantitative estimate of drug-likeness (QED) is 0.340. The summed E-state index contributed by atoms with van der Waals surface area (Å²) in [6, 6.07) is 0. The zero-order chi connectivity index (χ0) is 25.3. The summed E-state index contributed by atoms with van der Waals surface area (Å²) in [5.74, 6) is -29.6. The number of allylic oxidation sites excluding steroid dienone is 4. The Balaban J connectivity index is 0. The molecule has 0 radical (unpaired) electrons. The summed E-state index contributed by atoms with van der Waals surface area (Å²) < 4.78 is 230. The topological polar surface area (TPSA) is 0 Å². The third-order valence-electron chi connectivity index (χ3n) is 2.15. The molecule has 0 amide bonds. The molecule has 20 heteroatoms. The Labute approximate surface area is 149 Å². The van der Waals surface area contributed by atoms with Crippen LogP contribution in [0.15, 0.2) is 23.3 Å². The third kappa shape index (κ3) is 7.10. The number of hydrogen-bond donors (Lipinski definition) is 0. The molecule has 0 heterocycles. The largest absolute Gasteiger partial charge is 0.460 e. The molecule has 0 aliphatic rings. The third-order valence-corrected chi connectivity index (χ3v) is 2.15. The van der Waals surface area contributed by atoms with E-state index in [2.05, 4.69) is 0 Å². The van der Waals surface area contributed by atoms with E-state index in [0.717, 1.165) is 0 Å². The van der Waals surface area contributed by atoms with Crippen LogP contribution < -0.4 is 0 Å². The van der Waals surface area contributed by atoms with Crippen LogP contribution in [-0.2, 0) is 0 Å². The van der Waals surface area contributed by atoms with Gasteiger partial charge in [-0.1, -0.05) is 0 Å². The van der Waals surface area contributed by atoms with Gasteiger partial charge in [0.05, 0.1) is 0 Å². The van der Waals surface area contributed by atoms with E-state index in [1.54, 1.807) is 0 Å². The van der Waals surface area contributed by atoms with Gasteiger partial charge in [-0.2, -0.15) is 79.0 Å². The van der Waals surface area contributed by atoms with Gasteiger partial charge in [-0.15, -0.1) is 0 Å². The molecule has 0 aliphatic heterocycles.